The molecule has 0 bridgehead atoms. The minimum atomic E-state index is -1.22. The first kappa shape index (κ1) is 17.7. The number of halogens is 1. The number of rotatable bonds is 3. The molecule has 2 aliphatic rings. The summed E-state index contributed by atoms with van der Waals surface area (Å²) < 4.78 is 0. The Bertz CT molecular complexity index is 1070. The van der Waals surface area contributed by atoms with E-state index in [4.69, 9.17) is 11.6 Å². The zero-order chi connectivity index (χ0) is 20.0. The van der Waals surface area contributed by atoms with Crippen LogP contribution in [0.25, 0.3) is 0 Å². The summed E-state index contributed by atoms with van der Waals surface area (Å²) in [5, 5.41) is 4.68. The third-order valence-corrected chi connectivity index (χ3v) is 4.50. The number of anilines is 1. The number of carbonyl (C=O) groups is 5. The van der Waals surface area contributed by atoms with Crippen LogP contribution in [0.2, 0.25) is 5.15 Å². The summed E-state index contributed by atoms with van der Waals surface area (Å²) >= 11 is 5.64. The number of aromatic nitrogens is 2. The Morgan fingerprint density at radius 2 is 1.93 bits per heavy atom. The van der Waals surface area contributed by atoms with Crippen LogP contribution in [-0.4, -0.2) is 50.4 Å². The van der Waals surface area contributed by atoms with Crippen molar-refractivity contribution >= 4 is 46.8 Å². The predicted molar refractivity (Wildman–Crippen MR) is 93.5 cm³/mol. The first-order valence-corrected chi connectivity index (χ1v) is 8.38. The number of nitrogens with zero attached hydrogens (tertiary/aromatic N) is 3. The van der Waals surface area contributed by atoms with Gasteiger partial charge in [-0.25, -0.2) is 9.97 Å². The lowest BCUT2D eigenvalue weighted by Gasteiger charge is -2.18. The van der Waals surface area contributed by atoms with Crippen LogP contribution in [0.1, 0.15) is 37.6 Å². The third kappa shape index (κ3) is 2.79. The number of amides is 5. The molecule has 1 atom stereocenters. The van der Waals surface area contributed by atoms with Crippen molar-refractivity contribution in [2.75, 3.05) is 5.32 Å². The van der Waals surface area contributed by atoms with Gasteiger partial charge in [0.15, 0.2) is 0 Å². The van der Waals surface area contributed by atoms with Gasteiger partial charge in [0.1, 0.15) is 16.9 Å². The van der Waals surface area contributed by atoms with Crippen molar-refractivity contribution in [3.8, 4) is 0 Å². The molecule has 0 aliphatic carbocycles. The van der Waals surface area contributed by atoms with Crippen LogP contribution in [0.4, 0.5) is 5.69 Å². The van der Waals surface area contributed by atoms with Gasteiger partial charge >= 0.3 is 0 Å². The lowest BCUT2D eigenvalue weighted by molar-refractivity contribution is -0.125. The lowest BCUT2D eigenvalue weighted by atomic mass is 10.1. The first-order chi connectivity index (χ1) is 13.4. The van der Waals surface area contributed by atoms with E-state index >= 15 is 0 Å². The van der Waals surface area contributed by atoms with E-state index in [0.717, 1.165) is 11.1 Å². The summed E-state index contributed by atoms with van der Waals surface area (Å²) in [7, 11) is 0. The van der Waals surface area contributed by atoms with Crippen molar-refractivity contribution in [2.24, 2.45) is 0 Å². The third-order valence-electron chi connectivity index (χ3n) is 4.30. The van der Waals surface area contributed by atoms with Crippen LogP contribution in [-0.2, 0) is 9.59 Å². The fourth-order valence-electron chi connectivity index (χ4n) is 3.06. The van der Waals surface area contributed by atoms with Gasteiger partial charge in [0.25, 0.3) is 17.7 Å². The Labute approximate surface area is 161 Å². The lowest BCUT2D eigenvalue weighted by Crippen LogP contribution is -2.44. The van der Waals surface area contributed by atoms with E-state index in [0.29, 0.717) is 0 Å². The molecule has 2 aliphatic heterocycles. The summed E-state index contributed by atoms with van der Waals surface area (Å²) in [6.45, 7) is 0. The summed E-state index contributed by atoms with van der Waals surface area (Å²) in [5.74, 6) is -3.43. The average molecular weight is 400 g/mol. The summed E-state index contributed by atoms with van der Waals surface area (Å²) in [6, 6.07) is 3.11. The van der Waals surface area contributed by atoms with Crippen LogP contribution in [0.15, 0.2) is 30.6 Å². The Kier molecular flexibility index (Phi) is 4.12. The molecule has 10 nitrogen and oxygen atoms in total. The van der Waals surface area contributed by atoms with Crippen molar-refractivity contribution in [3.63, 3.8) is 0 Å². The van der Waals surface area contributed by atoms with Gasteiger partial charge in [-0.05, 0) is 12.1 Å². The second-order valence-electron chi connectivity index (χ2n) is 6.02. The fraction of sp³-hybridized carbons (Fsp3) is 0.118. The van der Waals surface area contributed by atoms with Crippen LogP contribution < -0.4 is 10.6 Å². The van der Waals surface area contributed by atoms with E-state index in [1.165, 1.54) is 24.4 Å². The van der Waals surface area contributed by atoms with E-state index < -0.39 is 35.6 Å². The van der Waals surface area contributed by atoms with Crippen molar-refractivity contribution < 1.29 is 24.0 Å². The van der Waals surface area contributed by atoms with Crippen molar-refractivity contribution in [2.45, 2.75) is 12.5 Å². The van der Waals surface area contributed by atoms with Crippen LogP contribution in [0.3, 0.4) is 0 Å². The second kappa shape index (κ2) is 6.50. The fourth-order valence-corrected chi connectivity index (χ4v) is 3.15. The molecule has 1 aromatic carbocycles. The number of fused-ring (bicyclic) bond motifs is 1. The van der Waals surface area contributed by atoms with E-state index in [9.17, 15) is 24.0 Å². The molecule has 3 heterocycles. The minimum Gasteiger partial charge on any atom is -0.320 e. The largest absolute Gasteiger partial charge is 0.320 e. The predicted octanol–water partition coefficient (Wildman–Crippen LogP) is 0.393. The quantitative estimate of drug-likeness (QED) is 0.712. The highest BCUT2D eigenvalue weighted by Crippen LogP contribution is 2.32. The van der Waals surface area contributed by atoms with E-state index in [1.54, 1.807) is 0 Å². The van der Waals surface area contributed by atoms with Gasteiger partial charge in [0, 0.05) is 0 Å². The maximum absolute atomic E-state index is 12.8. The smallest absolute Gasteiger partial charge is 0.275 e. The highest BCUT2D eigenvalue weighted by molar-refractivity contribution is 6.29. The van der Waals surface area contributed by atoms with Gasteiger partial charge < -0.3 is 5.32 Å². The average Bonchev–Trinajstić information content (AvgIpc) is 3.12. The molecule has 2 aromatic rings. The van der Waals surface area contributed by atoms with E-state index in [1.807, 2.05) is 0 Å². The maximum atomic E-state index is 12.8. The molecular formula is C17H10ClN5O5. The van der Waals surface area contributed by atoms with Gasteiger partial charge in [0.05, 0.1) is 35.6 Å². The minimum absolute atomic E-state index is 0.0251. The van der Waals surface area contributed by atoms with Gasteiger partial charge in [-0.1, -0.05) is 17.7 Å². The Hall–Kier alpha value is -3.66. The normalized spacial score (nSPS) is 18.3. The molecule has 0 radical (unpaired) electrons. The molecule has 11 heteroatoms. The molecule has 1 aromatic heterocycles. The standard InChI is InChI=1S/C17H10ClN5O5/c18-11-6-19-9(5-20-11)14(25)21-8-3-1-2-7-13(8)17(28)23(16(7)27)10-4-12(24)22-15(10)26/h1-3,5-6,10H,4H2,(H,21,25)(H,22,24,26). The van der Waals surface area contributed by atoms with Gasteiger partial charge in [-0.2, -0.15) is 0 Å². The van der Waals surface area contributed by atoms with Crippen LogP contribution in [0, 0.1) is 0 Å². The van der Waals surface area contributed by atoms with Gasteiger partial charge in [-0.15, -0.1) is 0 Å². The number of nitrogens with one attached hydrogen (secondary N) is 2. The van der Waals surface area contributed by atoms with Crippen LogP contribution >= 0.6 is 11.6 Å². The van der Waals surface area contributed by atoms with Crippen molar-refractivity contribution in [1.82, 2.24) is 20.2 Å². The monoisotopic (exact) mass is 399 g/mol. The van der Waals surface area contributed by atoms with Gasteiger partial charge in [0.2, 0.25) is 11.8 Å². The zero-order valence-corrected chi connectivity index (χ0v) is 14.7. The number of benzene rings is 1. The highest BCUT2D eigenvalue weighted by atomic mass is 35.5. The molecule has 1 unspecified atom stereocenters. The first-order valence-electron chi connectivity index (χ1n) is 8.00. The zero-order valence-electron chi connectivity index (χ0n) is 13.9. The summed E-state index contributed by atoms with van der Waals surface area (Å²) in [6.07, 6.45) is 2.05. The number of carbonyl (C=O) groups excluding carboxylic acids is 5. The molecule has 1 fully saturated rings. The topological polar surface area (TPSA) is 138 Å². The number of imide groups is 2. The Morgan fingerprint density at radius 3 is 2.57 bits per heavy atom. The van der Waals surface area contributed by atoms with Gasteiger partial charge in [-0.3, -0.25) is 34.2 Å². The maximum Gasteiger partial charge on any atom is 0.275 e. The molecule has 5 amide bonds. The van der Waals surface area contributed by atoms with Crippen LogP contribution in [0.5, 0.6) is 0 Å². The second-order valence-corrected chi connectivity index (χ2v) is 6.41. The molecular weight excluding hydrogens is 390 g/mol. The van der Waals surface area contributed by atoms with Crippen molar-refractivity contribution in [1.29, 1.82) is 0 Å². The SMILES string of the molecule is O=C1CC(N2C(=O)c3cccc(NC(=O)c4cnc(Cl)cn4)c3C2=O)C(=O)N1. The Balaban J connectivity index is 1.66. The van der Waals surface area contributed by atoms with Crippen molar-refractivity contribution in [3.05, 3.63) is 52.6 Å². The molecule has 0 saturated carbocycles. The molecule has 2 N–H and O–H groups in total. The molecule has 1 saturated heterocycles. The number of hydrogen-bond acceptors (Lipinski definition) is 7. The molecule has 0 spiro atoms. The Morgan fingerprint density at radius 1 is 1.14 bits per heavy atom. The van der Waals surface area contributed by atoms with E-state index in [-0.39, 0.29) is 34.1 Å². The number of hydrogen-bond donors (Lipinski definition) is 2. The molecule has 28 heavy (non-hydrogen) atoms. The summed E-state index contributed by atoms with van der Waals surface area (Å²) in [4.78, 5) is 69.6. The molecule has 4 rings (SSSR count). The summed E-state index contributed by atoms with van der Waals surface area (Å²) in [5.41, 5.74) is -0.00621. The molecule has 140 valence electrons. The highest BCUT2D eigenvalue weighted by Gasteiger charge is 2.47. The van der Waals surface area contributed by atoms with E-state index in [2.05, 4.69) is 20.6 Å².